The Hall–Kier alpha value is -0.940. The fourth-order valence-electron chi connectivity index (χ4n) is 0.957. The second kappa shape index (κ2) is 4.06. The summed E-state index contributed by atoms with van der Waals surface area (Å²) in [5.41, 5.74) is 5.15. The molecule has 0 amide bonds. The van der Waals surface area contributed by atoms with Crippen molar-refractivity contribution in [1.29, 1.82) is 0 Å². The van der Waals surface area contributed by atoms with Crippen LogP contribution < -0.4 is 5.73 Å². The lowest BCUT2D eigenvalue weighted by Crippen LogP contribution is -2.14. The highest BCUT2D eigenvalue weighted by atomic mass is 16.5. The van der Waals surface area contributed by atoms with E-state index < -0.39 is 6.10 Å². The zero-order chi connectivity index (χ0) is 10.8. The van der Waals surface area contributed by atoms with E-state index in [1.165, 1.54) is 0 Å². The van der Waals surface area contributed by atoms with Gasteiger partial charge in [-0.25, -0.2) is 0 Å². The Bertz CT molecular complexity index is 290. The van der Waals surface area contributed by atoms with E-state index in [1.54, 1.807) is 0 Å². The van der Waals surface area contributed by atoms with Crippen LogP contribution in [-0.4, -0.2) is 21.8 Å². The molecule has 0 radical (unpaired) electrons. The summed E-state index contributed by atoms with van der Waals surface area (Å²) in [6, 6.07) is 0. The molecule has 0 aromatic carbocycles. The number of hydrogen-bond acceptors (Lipinski definition) is 5. The van der Waals surface area contributed by atoms with Crippen LogP contribution in [0, 0.1) is 0 Å². The third-order valence-corrected chi connectivity index (χ3v) is 1.84. The molecule has 14 heavy (non-hydrogen) atoms. The van der Waals surface area contributed by atoms with E-state index in [-0.39, 0.29) is 11.3 Å². The quantitative estimate of drug-likeness (QED) is 0.750. The van der Waals surface area contributed by atoms with Crippen LogP contribution in [-0.2, 0) is 5.41 Å². The second-order valence-electron chi connectivity index (χ2n) is 4.30. The van der Waals surface area contributed by atoms with Gasteiger partial charge in [0.15, 0.2) is 5.82 Å². The Morgan fingerprint density at radius 1 is 1.50 bits per heavy atom. The summed E-state index contributed by atoms with van der Waals surface area (Å²) >= 11 is 0. The van der Waals surface area contributed by atoms with Crippen molar-refractivity contribution >= 4 is 0 Å². The summed E-state index contributed by atoms with van der Waals surface area (Å²) in [4.78, 5) is 4.12. The fourth-order valence-corrected chi connectivity index (χ4v) is 0.957. The van der Waals surface area contributed by atoms with Crippen molar-refractivity contribution in [3.8, 4) is 0 Å². The van der Waals surface area contributed by atoms with Crippen LogP contribution in [0.15, 0.2) is 4.52 Å². The van der Waals surface area contributed by atoms with E-state index in [0.29, 0.717) is 18.8 Å². The first-order valence-electron chi connectivity index (χ1n) is 4.67. The molecule has 1 heterocycles. The van der Waals surface area contributed by atoms with E-state index in [0.717, 1.165) is 0 Å². The van der Waals surface area contributed by atoms with E-state index in [4.69, 9.17) is 10.3 Å². The first-order valence-corrected chi connectivity index (χ1v) is 4.67. The lowest BCUT2D eigenvalue weighted by Gasteiger charge is -2.11. The molecule has 0 aliphatic carbocycles. The normalized spacial score (nSPS) is 14.4. The maximum Gasteiger partial charge on any atom is 0.255 e. The standard InChI is InChI=1S/C9H17N3O2/c1-9(2,3)8-11-7(14-12-8)6(13)4-5-10/h6,13H,4-5,10H2,1-3H3. The number of nitrogens with zero attached hydrogens (tertiary/aromatic N) is 2. The van der Waals surface area contributed by atoms with Crippen LogP contribution in [0.1, 0.15) is 45.0 Å². The van der Waals surface area contributed by atoms with Crippen molar-refractivity contribution in [2.24, 2.45) is 5.73 Å². The van der Waals surface area contributed by atoms with Gasteiger partial charge in [-0.05, 0) is 13.0 Å². The Balaban J connectivity index is 2.78. The van der Waals surface area contributed by atoms with Gasteiger partial charge in [-0.15, -0.1) is 0 Å². The van der Waals surface area contributed by atoms with Crippen LogP contribution in [0.5, 0.6) is 0 Å². The molecule has 0 saturated heterocycles. The molecule has 0 spiro atoms. The molecule has 3 N–H and O–H groups in total. The summed E-state index contributed by atoms with van der Waals surface area (Å²) in [6.07, 6.45) is -0.310. The molecule has 0 fully saturated rings. The Morgan fingerprint density at radius 2 is 2.14 bits per heavy atom. The molecule has 5 heteroatoms. The molecule has 5 nitrogen and oxygen atoms in total. The van der Waals surface area contributed by atoms with E-state index in [2.05, 4.69) is 10.1 Å². The summed E-state index contributed by atoms with van der Waals surface area (Å²) in [6.45, 7) is 6.35. The van der Waals surface area contributed by atoms with Gasteiger partial charge < -0.3 is 15.4 Å². The predicted molar refractivity (Wildman–Crippen MR) is 51.6 cm³/mol. The summed E-state index contributed by atoms with van der Waals surface area (Å²) in [5, 5.41) is 13.3. The molecular formula is C9H17N3O2. The second-order valence-corrected chi connectivity index (χ2v) is 4.30. The van der Waals surface area contributed by atoms with Gasteiger partial charge in [0.25, 0.3) is 5.89 Å². The lowest BCUT2D eigenvalue weighted by molar-refractivity contribution is 0.127. The van der Waals surface area contributed by atoms with Gasteiger partial charge in [0.05, 0.1) is 0 Å². The molecule has 1 atom stereocenters. The van der Waals surface area contributed by atoms with Gasteiger partial charge in [0.2, 0.25) is 0 Å². The minimum absolute atomic E-state index is 0.163. The van der Waals surface area contributed by atoms with Gasteiger partial charge >= 0.3 is 0 Å². The summed E-state index contributed by atoms with van der Waals surface area (Å²) in [7, 11) is 0. The number of aromatic nitrogens is 2. The van der Waals surface area contributed by atoms with Gasteiger partial charge in [-0.3, -0.25) is 0 Å². The molecule has 1 rings (SSSR count). The topological polar surface area (TPSA) is 85.2 Å². The van der Waals surface area contributed by atoms with E-state index in [9.17, 15) is 5.11 Å². The SMILES string of the molecule is CC(C)(C)c1noc(C(O)CCN)n1. The first kappa shape index (κ1) is 11.1. The number of hydrogen-bond donors (Lipinski definition) is 2. The van der Waals surface area contributed by atoms with Crippen molar-refractivity contribution in [3.05, 3.63) is 11.7 Å². The summed E-state index contributed by atoms with van der Waals surface area (Å²) < 4.78 is 4.94. The number of rotatable bonds is 3. The largest absolute Gasteiger partial charge is 0.383 e. The fraction of sp³-hybridized carbons (Fsp3) is 0.778. The molecule has 0 bridgehead atoms. The highest BCUT2D eigenvalue weighted by molar-refractivity contribution is 5.01. The lowest BCUT2D eigenvalue weighted by atomic mass is 9.96. The van der Waals surface area contributed by atoms with Gasteiger partial charge in [0, 0.05) is 5.41 Å². The Morgan fingerprint density at radius 3 is 2.57 bits per heavy atom. The molecule has 1 aromatic rings. The first-order chi connectivity index (χ1) is 6.45. The molecule has 0 aliphatic rings. The van der Waals surface area contributed by atoms with Crippen molar-refractivity contribution in [2.75, 3.05) is 6.54 Å². The molecule has 1 aromatic heterocycles. The molecule has 1 unspecified atom stereocenters. The third-order valence-electron chi connectivity index (χ3n) is 1.84. The van der Waals surface area contributed by atoms with Crippen molar-refractivity contribution < 1.29 is 9.63 Å². The minimum atomic E-state index is -0.747. The van der Waals surface area contributed by atoms with Gasteiger partial charge in [0.1, 0.15) is 6.10 Å². The third kappa shape index (κ3) is 2.52. The average Bonchev–Trinajstić information content (AvgIpc) is 2.51. The number of aliphatic hydroxyl groups excluding tert-OH is 1. The van der Waals surface area contributed by atoms with Crippen molar-refractivity contribution in [2.45, 2.75) is 38.7 Å². The zero-order valence-electron chi connectivity index (χ0n) is 8.82. The van der Waals surface area contributed by atoms with E-state index in [1.807, 2.05) is 20.8 Å². The maximum absolute atomic E-state index is 9.52. The van der Waals surface area contributed by atoms with Crippen LogP contribution >= 0.6 is 0 Å². The Kier molecular flexibility index (Phi) is 3.23. The van der Waals surface area contributed by atoms with Gasteiger partial charge in [-0.2, -0.15) is 4.98 Å². The molecule has 0 aliphatic heterocycles. The highest BCUT2D eigenvalue weighted by Gasteiger charge is 2.23. The molecule has 80 valence electrons. The monoisotopic (exact) mass is 199 g/mol. The van der Waals surface area contributed by atoms with Crippen molar-refractivity contribution in [3.63, 3.8) is 0 Å². The van der Waals surface area contributed by atoms with Crippen LogP contribution in [0.4, 0.5) is 0 Å². The van der Waals surface area contributed by atoms with Crippen LogP contribution in [0.2, 0.25) is 0 Å². The average molecular weight is 199 g/mol. The maximum atomic E-state index is 9.52. The van der Waals surface area contributed by atoms with Crippen molar-refractivity contribution in [1.82, 2.24) is 10.1 Å². The van der Waals surface area contributed by atoms with Crippen LogP contribution in [0.25, 0.3) is 0 Å². The minimum Gasteiger partial charge on any atom is -0.383 e. The summed E-state index contributed by atoms with van der Waals surface area (Å²) in [5.74, 6) is 0.851. The highest BCUT2D eigenvalue weighted by Crippen LogP contribution is 2.21. The smallest absolute Gasteiger partial charge is 0.255 e. The van der Waals surface area contributed by atoms with Gasteiger partial charge in [-0.1, -0.05) is 25.9 Å². The number of aliphatic hydroxyl groups is 1. The molecular weight excluding hydrogens is 182 g/mol. The Labute approximate surface area is 83.3 Å². The zero-order valence-corrected chi connectivity index (χ0v) is 8.82. The van der Waals surface area contributed by atoms with E-state index >= 15 is 0 Å². The molecule has 0 saturated carbocycles. The predicted octanol–water partition coefficient (Wildman–Crippen LogP) is 0.749. The number of nitrogens with two attached hydrogens (primary N) is 1. The van der Waals surface area contributed by atoms with Crippen LogP contribution in [0.3, 0.4) is 0 Å².